The highest BCUT2D eigenvalue weighted by Crippen LogP contribution is 2.43. The fraction of sp³-hybridized carbons (Fsp3) is 0.812. The van der Waals surface area contributed by atoms with Gasteiger partial charge in [0.1, 0.15) is 19.3 Å². The van der Waals surface area contributed by atoms with Gasteiger partial charge < -0.3 is 19.4 Å². The largest absolute Gasteiger partial charge is 0.472 e. The van der Waals surface area contributed by atoms with Gasteiger partial charge >= 0.3 is 13.8 Å². The Morgan fingerprint density at radius 3 is 1.34 bits per heavy atom. The zero-order valence-corrected chi connectivity index (χ0v) is 50.2. The number of esters is 1. The Bertz CT molecular complexity index is 1450. The van der Waals surface area contributed by atoms with Crippen LogP contribution < -0.4 is 5.32 Å². The summed E-state index contributed by atoms with van der Waals surface area (Å²) in [5.74, 6) is -0.534. The normalized spacial score (nSPS) is 14.1. The number of nitrogens with one attached hydrogen (secondary N) is 1. The van der Waals surface area contributed by atoms with Crippen LogP contribution in [-0.2, 0) is 27.9 Å². The van der Waals surface area contributed by atoms with Gasteiger partial charge in [-0.25, -0.2) is 4.57 Å². The second kappa shape index (κ2) is 54.1. The number of ether oxygens (including phenoxy) is 1. The van der Waals surface area contributed by atoms with Crippen molar-refractivity contribution < 1.29 is 37.3 Å². The zero-order valence-electron chi connectivity index (χ0n) is 49.3. The number of nitrogens with zero attached hydrogens (tertiary/aromatic N) is 1. The molecule has 3 unspecified atom stereocenters. The summed E-state index contributed by atoms with van der Waals surface area (Å²) in [5, 5.41) is 3.04. The molecular formula is C64H120N2O7P+. The average molecular weight is 1060 g/mol. The predicted octanol–water partition coefficient (Wildman–Crippen LogP) is 19.1. The first-order chi connectivity index (χ1) is 35.9. The topological polar surface area (TPSA) is 111 Å². The number of quaternary nitrogens is 1. The van der Waals surface area contributed by atoms with Crippen molar-refractivity contribution in [2.45, 2.75) is 296 Å². The molecular weight excluding hydrogens is 940 g/mol. The van der Waals surface area contributed by atoms with E-state index in [4.69, 9.17) is 13.8 Å². The summed E-state index contributed by atoms with van der Waals surface area (Å²) in [6, 6.07) is -0.863. The lowest BCUT2D eigenvalue weighted by Gasteiger charge is -2.27. The van der Waals surface area contributed by atoms with Crippen molar-refractivity contribution in [3.05, 3.63) is 60.8 Å². The number of phosphoric acid groups is 1. The molecule has 0 bridgehead atoms. The molecule has 3 atom stereocenters. The molecule has 0 aliphatic rings. The van der Waals surface area contributed by atoms with Gasteiger partial charge in [0.25, 0.3) is 0 Å². The number of phosphoric ester groups is 1. The highest BCUT2D eigenvalue weighted by molar-refractivity contribution is 7.47. The van der Waals surface area contributed by atoms with Crippen LogP contribution >= 0.6 is 7.82 Å². The summed E-state index contributed by atoms with van der Waals surface area (Å²) in [5.41, 5.74) is 0. The van der Waals surface area contributed by atoms with E-state index in [9.17, 15) is 19.0 Å². The van der Waals surface area contributed by atoms with E-state index in [1.165, 1.54) is 173 Å². The van der Waals surface area contributed by atoms with E-state index in [1.54, 1.807) is 0 Å². The molecule has 432 valence electrons. The Labute approximate surface area is 458 Å². The van der Waals surface area contributed by atoms with Gasteiger partial charge in [0.15, 0.2) is 0 Å². The summed E-state index contributed by atoms with van der Waals surface area (Å²) >= 11 is 0. The number of hydrogen-bond donors (Lipinski definition) is 2. The summed E-state index contributed by atoms with van der Waals surface area (Å²) in [6.07, 6.45) is 67.9. The first kappa shape index (κ1) is 71.7. The van der Waals surface area contributed by atoms with E-state index >= 15 is 0 Å². The molecule has 10 heteroatoms. The molecule has 0 spiro atoms. The number of amides is 1. The van der Waals surface area contributed by atoms with Crippen LogP contribution in [0.25, 0.3) is 0 Å². The minimum Gasteiger partial charge on any atom is -0.456 e. The monoisotopic (exact) mass is 1060 g/mol. The molecule has 0 heterocycles. The van der Waals surface area contributed by atoms with Crippen LogP contribution in [0.4, 0.5) is 0 Å². The van der Waals surface area contributed by atoms with Gasteiger partial charge in [-0.1, -0.05) is 242 Å². The molecule has 0 fully saturated rings. The lowest BCUT2D eigenvalue weighted by molar-refractivity contribution is -0.870. The standard InChI is InChI=1S/C64H119N2O7P/c1-7-10-13-16-19-22-25-27-29-31-32-33-34-35-37-39-42-45-48-51-54-57-64(68)73-62(55-52-49-46-43-40-24-21-18-15-12-9-3)61(60-72-74(69,70)71-59-58-66(4,5)6)65-63(67)56-53-50-47-44-41-38-36-30-28-26-23-20-17-14-11-8-2/h19,22,27,29-30,36,38,41,52,55,61-62H,7-18,20-21,23-26,28,31-35,37,39-40,42-51,53-54,56-60H2,1-6H3,(H-,65,67,69,70)/p+1/b22-19-,29-27-,36-30+,41-38+,55-52+. The van der Waals surface area contributed by atoms with E-state index in [-0.39, 0.29) is 31.5 Å². The molecule has 0 aromatic heterocycles. The van der Waals surface area contributed by atoms with E-state index in [2.05, 4.69) is 74.7 Å². The van der Waals surface area contributed by atoms with Gasteiger partial charge in [-0.2, -0.15) is 0 Å². The fourth-order valence-corrected chi connectivity index (χ4v) is 9.58. The quantitative estimate of drug-likeness (QED) is 0.0156. The van der Waals surface area contributed by atoms with Crippen molar-refractivity contribution in [3.63, 3.8) is 0 Å². The molecule has 1 amide bonds. The number of carbonyl (C=O) groups is 2. The average Bonchev–Trinajstić information content (AvgIpc) is 3.36. The molecule has 0 rings (SSSR count). The van der Waals surface area contributed by atoms with Crippen LogP contribution in [0, 0.1) is 0 Å². The molecule has 9 nitrogen and oxygen atoms in total. The number of hydrogen-bond acceptors (Lipinski definition) is 6. The van der Waals surface area contributed by atoms with Crippen molar-refractivity contribution in [3.8, 4) is 0 Å². The number of allylic oxidation sites excluding steroid dienone is 9. The maximum absolute atomic E-state index is 13.5. The number of carbonyl (C=O) groups excluding carboxylic acids is 2. The van der Waals surface area contributed by atoms with Crippen molar-refractivity contribution in [2.75, 3.05) is 40.9 Å². The minimum absolute atomic E-state index is 0.0341. The van der Waals surface area contributed by atoms with Crippen molar-refractivity contribution in [2.24, 2.45) is 0 Å². The first-order valence-electron chi connectivity index (χ1n) is 31.1. The van der Waals surface area contributed by atoms with E-state index < -0.39 is 20.0 Å². The lowest BCUT2D eigenvalue weighted by atomic mass is 10.0. The van der Waals surface area contributed by atoms with Crippen LogP contribution in [0.15, 0.2) is 60.8 Å². The highest BCUT2D eigenvalue weighted by Gasteiger charge is 2.30. The van der Waals surface area contributed by atoms with E-state index in [1.807, 2.05) is 33.3 Å². The first-order valence-corrected chi connectivity index (χ1v) is 32.6. The van der Waals surface area contributed by atoms with Gasteiger partial charge in [-0.15, -0.1) is 0 Å². The van der Waals surface area contributed by atoms with Gasteiger partial charge in [0, 0.05) is 12.8 Å². The van der Waals surface area contributed by atoms with Crippen LogP contribution in [0.2, 0.25) is 0 Å². The summed E-state index contributed by atoms with van der Waals surface area (Å²) in [6.45, 7) is 6.97. The van der Waals surface area contributed by atoms with Gasteiger partial charge in [-0.3, -0.25) is 18.6 Å². The molecule has 0 aliphatic carbocycles. The van der Waals surface area contributed by atoms with Crippen molar-refractivity contribution >= 4 is 19.7 Å². The smallest absolute Gasteiger partial charge is 0.456 e. The summed E-state index contributed by atoms with van der Waals surface area (Å²) < 4.78 is 30.6. The summed E-state index contributed by atoms with van der Waals surface area (Å²) in [4.78, 5) is 37.7. The number of unbranched alkanes of at least 4 members (excludes halogenated alkanes) is 33. The third-order valence-electron chi connectivity index (χ3n) is 13.7. The van der Waals surface area contributed by atoms with E-state index in [0.29, 0.717) is 23.9 Å². The molecule has 0 saturated carbocycles. The highest BCUT2D eigenvalue weighted by atomic mass is 31.2. The third-order valence-corrected chi connectivity index (χ3v) is 14.7. The second-order valence-electron chi connectivity index (χ2n) is 22.3. The van der Waals surface area contributed by atoms with Crippen LogP contribution in [-0.4, -0.2) is 74.3 Å². The zero-order chi connectivity index (χ0) is 54.3. The maximum Gasteiger partial charge on any atom is 0.472 e. The number of rotatable bonds is 56. The molecule has 0 aliphatic heterocycles. The van der Waals surface area contributed by atoms with Crippen LogP contribution in [0.3, 0.4) is 0 Å². The maximum atomic E-state index is 13.5. The van der Waals surface area contributed by atoms with Gasteiger partial charge in [0.05, 0.1) is 33.8 Å². The van der Waals surface area contributed by atoms with E-state index in [0.717, 1.165) is 70.6 Å². The third kappa shape index (κ3) is 54.5. The minimum atomic E-state index is -4.45. The Balaban J connectivity index is 5.23. The van der Waals surface area contributed by atoms with Gasteiger partial charge in [-0.05, 0) is 89.5 Å². The second-order valence-corrected chi connectivity index (χ2v) is 23.7. The fourth-order valence-electron chi connectivity index (χ4n) is 8.84. The Kier molecular flexibility index (Phi) is 52.4. The number of likely N-dealkylation sites (N-methyl/N-ethyl adjacent to an activating group) is 1. The Morgan fingerprint density at radius 1 is 0.486 bits per heavy atom. The molecule has 0 aromatic rings. The Hall–Kier alpha value is -2.29. The summed E-state index contributed by atoms with van der Waals surface area (Å²) in [7, 11) is 1.48. The molecule has 0 saturated heterocycles. The van der Waals surface area contributed by atoms with Crippen LogP contribution in [0.5, 0.6) is 0 Å². The SMILES string of the molecule is CCCCC/C=C\C/C=C\CCCCCCCCCCCCCC(=O)OC(/C=C/CCCCCCCCCCC)C(COP(=O)(O)OCC[N+](C)(C)C)NC(=O)CCCCC/C=C/C=C/CCCCCCCCC. The lowest BCUT2D eigenvalue weighted by Crippen LogP contribution is -2.47. The predicted molar refractivity (Wildman–Crippen MR) is 318 cm³/mol. The van der Waals surface area contributed by atoms with Crippen LogP contribution in [0.1, 0.15) is 284 Å². The van der Waals surface area contributed by atoms with Gasteiger partial charge in [0.2, 0.25) is 5.91 Å². The van der Waals surface area contributed by atoms with Crippen molar-refractivity contribution in [1.82, 2.24) is 5.32 Å². The molecule has 0 aromatic carbocycles. The molecule has 0 radical (unpaired) electrons. The molecule has 74 heavy (non-hydrogen) atoms. The van der Waals surface area contributed by atoms with Crippen molar-refractivity contribution in [1.29, 1.82) is 0 Å². The molecule has 2 N–H and O–H groups in total. The Morgan fingerprint density at radius 2 is 0.865 bits per heavy atom.